The lowest BCUT2D eigenvalue weighted by molar-refractivity contribution is 0.779. The molecule has 0 N–H and O–H groups in total. The molecule has 0 unspecified atom stereocenters. The maximum atomic E-state index is 8.90. The highest BCUT2D eigenvalue weighted by Crippen LogP contribution is 2.38. The molecule has 2 nitrogen and oxygen atoms in total. The topological polar surface area (TPSA) is 47.6 Å². The van der Waals surface area contributed by atoms with Crippen LogP contribution in [0.15, 0.2) is 29.8 Å². The van der Waals surface area contributed by atoms with Gasteiger partial charge >= 0.3 is 0 Å². The molecule has 0 amide bonds. The van der Waals surface area contributed by atoms with Crippen molar-refractivity contribution in [1.29, 1.82) is 10.5 Å². The molecular weight excluding hydrogens is 184 g/mol. The van der Waals surface area contributed by atoms with Crippen LogP contribution in [0.25, 0.3) is 5.57 Å². The minimum Gasteiger partial charge on any atom is -0.192 e. The molecule has 1 aromatic rings. The highest BCUT2D eigenvalue weighted by molar-refractivity contribution is 5.81. The van der Waals surface area contributed by atoms with Gasteiger partial charge in [-0.05, 0) is 29.0 Å². The van der Waals surface area contributed by atoms with Crippen molar-refractivity contribution in [3.63, 3.8) is 0 Å². The molecule has 0 bridgehead atoms. The Morgan fingerprint density at radius 2 is 1.93 bits per heavy atom. The molecule has 1 aromatic carbocycles. The summed E-state index contributed by atoms with van der Waals surface area (Å²) in [5.74, 6) is 0.275. The zero-order valence-corrected chi connectivity index (χ0v) is 8.49. The minimum absolute atomic E-state index is 0.257. The summed E-state index contributed by atoms with van der Waals surface area (Å²) in [6.07, 6.45) is 0.929. The first-order valence-corrected chi connectivity index (χ1v) is 4.90. The fourth-order valence-electron chi connectivity index (χ4n) is 2.18. The number of nitriles is 2. The molecule has 1 aliphatic carbocycles. The average molecular weight is 194 g/mol. The van der Waals surface area contributed by atoms with Crippen LogP contribution >= 0.6 is 0 Å². The van der Waals surface area contributed by atoms with Crippen LogP contribution in [0, 0.1) is 28.6 Å². The molecule has 0 aliphatic heterocycles. The predicted octanol–water partition coefficient (Wildman–Crippen LogP) is 2.68. The van der Waals surface area contributed by atoms with Crippen LogP contribution in [0.2, 0.25) is 0 Å². The smallest absolute Gasteiger partial charge is 0.133 e. The molecule has 1 atom stereocenters. The Morgan fingerprint density at radius 1 is 1.27 bits per heavy atom. The molecule has 2 rings (SSSR count). The third-order valence-electron chi connectivity index (χ3n) is 2.82. The average Bonchev–Trinajstić information content (AvgIpc) is 2.58. The third kappa shape index (κ3) is 1.41. The van der Waals surface area contributed by atoms with E-state index in [1.807, 2.05) is 30.3 Å². The number of hydrogen-bond acceptors (Lipinski definition) is 2. The van der Waals surface area contributed by atoms with Crippen molar-refractivity contribution in [3.8, 4) is 12.1 Å². The Balaban J connectivity index is 2.67. The van der Waals surface area contributed by atoms with Gasteiger partial charge in [0.25, 0.3) is 0 Å². The lowest BCUT2D eigenvalue weighted by Gasteiger charge is -2.04. The fourth-order valence-corrected chi connectivity index (χ4v) is 2.18. The van der Waals surface area contributed by atoms with Crippen molar-refractivity contribution in [1.82, 2.24) is 0 Å². The molecule has 0 fully saturated rings. The SMILES string of the molecule is C[C@H]1Cc2ccccc2C1=C(C#N)C#N. The van der Waals surface area contributed by atoms with Crippen molar-refractivity contribution in [2.24, 2.45) is 5.92 Å². The van der Waals surface area contributed by atoms with E-state index in [2.05, 4.69) is 13.0 Å². The van der Waals surface area contributed by atoms with Gasteiger partial charge in [-0.15, -0.1) is 0 Å². The largest absolute Gasteiger partial charge is 0.192 e. The van der Waals surface area contributed by atoms with Gasteiger partial charge in [0.2, 0.25) is 0 Å². The Kier molecular flexibility index (Phi) is 2.27. The molecule has 2 heteroatoms. The molecular formula is C13H10N2. The Labute approximate surface area is 89.1 Å². The Morgan fingerprint density at radius 3 is 2.60 bits per heavy atom. The molecule has 1 aliphatic rings. The van der Waals surface area contributed by atoms with E-state index in [0.29, 0.717) is 0 Å². The second kappa shape index (κ2) is 3.59. The van der Waals surface area contributed by atoms with E-state index in [1.165, 1.54) is 5.56 Å². The van der Waals surface area contributed by atoms with Crippen molar-refractivity contribution >= 4 is 5.57 Å². The van der Waals surface area contributed by atoms with Gasteiger partial charge in [-0.1, -0.05) is 31.2 Å². The van der Waals surface area contributed by atoms with E-state index >= 15 is 0 Å². The molecule has 0 saturated heterocycles. The fraction of sp³-hybridized carbons (Fsp3) is 0.231. The molecule has 0 heterocycles. The van der Waals surface area contributed by atoms with Crippen LogP contribution in [0.1, 0.15) is 18.1 Å². The van der Waals surface area contributed by atoms with Gasteiger partial charge in [-0.2, -0.15) is 10.5 Å². The van der Waals surface area contributed by atoms with Gasteiger partial charge in [-0.25, -0.2) is 0 Å². The Bertz CT molecular complexity index is 496. The monoisotopic (exact) mass is 194 g/mol. The second-order valence-corrected chi connectivity index (χ2v) is 3.77. The van der Waals surface area contributed by atoms with Gasteiger partial charge < -0.3 is 0 Å². The minimum atomic E-state index is 0.257. The molecule has 0 saturated carbocycles. The quantitative estimate of drug-likeness (QED) is 0.596. The normalized spacial score (nSPS) is 17.8. The lowest BCUT2D eigenvalue weighted by Crippen LogP contribution is -1.94. The van der Waals surface area contributed by atoms with Crippen molar-refractivity contribution in [2.45, 2.75) is 13.3 Å². The van der Waals surface area contributed by atoms with E-state index in [1.54, 1.807) is 0 Å². The van der Waals surface area contributed by atoms with Gasteiger partial charge in [0.05, 0.1) is 0 Å². The summed E-state index contributed by atoms with van der Waals surface area (Å²) in [7, 11) is 0. The summed E-state index contributed by atoms with van der Waals surface area (Å²) in [4.78, 5) is 0. The first kappa shape index (κ1) is 9.49. The van der Waals surface area contributed by atoms with Gasteiger partial charge in [0.1, 0.15) is 17.7 Å². The molecule has 0 spiro atoms. The summed E-state index contributed by atoms with van der Waals surface area (Å²) in [5, 5.41) is 17.8. The van der Waals surface area contributed by atoms with E-state index in [-0.39, 0.29) is 11.5 Å². The standard InChI is InChI=1S/C13H10N2/c1-9-6-10-4-2-3-5-12(10)13(9)11(7-14)8-15/h2-5,9H,6H2,1H3/t9-/m0/s1. The third-order valence-corrected chi connectivity index (χ3v) is 2.82. The number of nitrogens with zero attached hydrogens (tertiary/aromatic N) is 2. The van der Waals surface area contributed by atoms with E-state index < -0.39 is 0 Å². The summed E-state index contributed by atoms with van der Waals surface area (Å²) in [6, 6.07) is 12.0. The lowest BCUT2D eigenvalue weighted by atomic mass is 9.97. The van der Waals surface area contributed by atoms with Gasteiger partial charge in [0, 0.05) is 0 Å². The van der Waals surface area contributed by atoms with Crippen molar-refractivity contribution in [2.75, 3.05) is 0 Å². The number of rotatable bonds is 0. The first-order valence-electron chi connectivity index (χ1n) is 4.90. The summed E-state index contributed by atoms with van der Waals surface area (Å²) in [6.45, 7) is 2.06. The Hall–Kier alpha value is -2.06. The van der Waals surface area contributed by atoms with Crippen LogP contribution in [-0.2, 0) is 6.42 Å². The molecule has 0 aromatic heterocycles. The maximum absolute atomic E-state index is 8.90. The van der Waals surface area contributed by atoms with E-state index in [9.17, 15) is 0 Å². The number of benzene rings is 1. The van der Waals surface area contributed by atoms with Crippen LogP contribution in [0.3, 0.4) is 0 Å². The van der Waals surface area contributed by atoms with Crippen LogP contribution in [0.4, 0.5) is 0 Å². The van der Waals surface area contributed by atoms with Crippen LogP contribution in [0.5, 0.6) is 0 Å². The van der Waals surface area contributed by atoms with Gasteiger partial charge in [-0.3, -0.25) is 0 Å². The number of allylic oxidation sites excluding steroid dienone is 2. The first-order chi connectivity index (χ1) is 7.27. The maximum Gasteiger partial charge on any atom is 0.133 e. The van der Waals surface area contributed by atoms with Crippen LogP contribution < -0.4 is 0 Å². The zero-order chi connectivity index (χ0) is 10.8. The summed E-state index contributed by atoms with van der Waals surface area (Å²) >= 11 is 0. The highest BCUT2D eigenvalue weighted by Gasteiger charge is 2.25. The molecule has 72 valence electrons. The van der Waals surface area contributed by atoms with Crippen molar-refractivity contribution in [3.05, 3.63) is 41.0 Å². The molecule has 15 heavy (non-hydrogen) atoms. The van der Waals surface area contributed by atoms with Crippen LogP contribution in [-0.4, -0.2) is 0 Å². The molecule has 0 radical (unpaired) electrons. The predicted molar refractivity (Wildman–Crippen MR) is 57.5 cm³/mol. The zero-order valence-electron chi connectivity index (χ0n) is 8.49. The number of hydrogen-bond donors (Lipinski definition) is 0. The number of fused-ring (bicyclic) bond motifs is 1. The summed E-state index contributed by atoms with van der Waals surface area (Å²) in [5.41, 5.74) is 3.48. The van der Waals surface area contributed by atoms with E-state index in [0.717, 1.165) is 17.6 Å². The second-order valence-electron chi connectivity index (χ2n) is 3.77. The van der Waals surface area contributed by atoms with E-state index in [4.69, 9.17) is 10.5 Å². The van der Waals surface area contributed by atoms with Crippen molar-refractivity contribution < 1.29 is 0 Å². The highest BCUT2D eigenvalue weighted by atomic mass is 14.3. The summed E-state index contributed by atoms with van der Waals surface area (Å²) < 4.78 is 0. The van der Waals surface area contributed by atoms with Gasteiger partial charge in [0.15, 0.2) is 0 Å².